The monoisotopic (exact) mass is 336 g/mol. The van der Waals surface area contributed by atoms with Gasteiger partial charge in [-0.3, -0.25) is 0 Å². The van der Waals surface area contributed by atoms with Crippen LogP contribution in [0.4, 0.5) is 4.79 Å². The van der Waals surface area contributed by atoms with E-state index in [1.807, 2.05) is 0 Å². The molecule has 3 heterocycles. The molecular weight excluding hydrogens is 324 g/mol. The van der Waals surface area contributed by atoms with Gasteiger partial charge in [0.1, 0.15) is 5.82 Å². The highest BCUT2D eigenvalue weighted by Crippen LogP contribution is 2.11. The lowest BCUT2D eigenvalue weighted by Crippen LogP contribution is -2.43. The highest BCUT2D eigenvalue weighted by molar-refractivity contribution is 9.10. The first-order valence-corrected chi connectivity index (χ1v) is 7.00. The summed E-state index contributed by atoms with van der Waals surface area (Å²) in [4.78, 5) is 26.2. The smallest absolute Gasteiger partial charge is 0.318 e. The van der Waals surface area contributed by atoms with E-state index in [0.29, 0.717) is 25.5 Å². The van der Waals surface area contributed by atoms with Crippen LogP contribution in [0.3, 0.4) is 0 Å². The van der Waals surface area contributed by atoms with Gasteiger partial charge >= 0.3 is 6.03 Å². The number of fused-ring (bicyclic) bond motifs is 1. The van der Waals surface area contributed by atoms with E-state index in [4.69, 9.17) is 0 Å². The Balaban J connectivity index is 1.56. The lowest BCUT2D eigenvalue weighted by molar-refractivity contribution is 0.183. The van der Waals surface area contributed by atoms with Crippen LogP contribution in [0.25, 0.3) is 0 Å². The molecule has 7 nitrogen and oxygen atoms in total. The van der Waals surface area contributed by atoms with Crippen LogP contribution in [0.5, 0.6) is 0 Å². The molecule has 2 amide bonds. The van der Waals surface area contributed by atoms with Crippen LogP contribution in [0, 0.1) is 0 Å². The molecule has 1 aliphatic heterocycles. The number of nitrogens with one attached hydrogen (secondary N) is 1. The molecule has 104 valence electrons. The SMILES string of the molecule is O=C(NCc1ncc(Br)cn1)N1CCn2cncc2C1. The van der Waals surface area contributed by atoms with Gasteiger partial charge in [-0.2, -0.15) is 0 Å². The number of halogens is 1. The lowest BCUT2D eigenvalue weighted by atomic mass is 10.3. The minimum Gasteiger partial charge on any atom is -0.331 e. The predicted molar refractivity (Wildman–Crippen MR) is 74.6 cm³/mol. The predicted octanol–water partition coefficient (Wildman–Crippen LogP) is 1.16. The summed E-state index contributed by atoms with van der Waals surface area (Å²) in [7, 11) is 0. The molecule has 8 heteroatoms. The second-order valence-corrected chi connectivity index (χ2v) is 5.39. The van der Waals surface area contributed by atoms with E-state index in [1.165, 1.54) is 0 Å². The maximum absolute atomic E-state index is 12.1. The van der Waals surface area contributed by atoms with Gasteiger partial charge in [0.05, 0.1) is 29.6 Å². The van der Waals surface area contributed by atoms with Crippen LogP contribution in [-0.4, -0.2) is 37.0 Å². The number of urea groups is 1. The Morgan fingerprint density at radius 2 is 2.10 bits per heavy atom. The summed E-state index contributed by atoms with van der Waals surface area (Å²) in [5.74, 6) is 0.587. The Hall–Kier alpha value is -1.96. The van der Waals surface area contributed by atoms with Crippen LogP contribution >= 0.6 is 15.9 Å². The van der Waals surface area contributed by atoms with E-state index in [2.05, 4.69) is 40.8 Å². The summed E-state index contributed by atoms with van der Waals surface area (Å²) in [5.41, 5.74) is 1.05. The molecule has 0 saturated heterocycles. The van der Waals surface area contributed by atoms with Crippen molar-refractivity contribution >= 4 is 22.0 Å². The Morgan fingerprint density at radius 3 is 2.90 bits per heavy atom. The van der Waals surface area contributed by atoms with E-state index < -0.39 is 0 Å². The van der Waals surface area contributed by atoms with E-state index in [-0.39, 0.29) is 6.03 Å². The summed E-state index contributed by atoms with van der Waals surface area (Å²) < 4.78 is 2.87. The molecule has 0 aliphatic carbocycles. The van der Waals surface area contributed by atoms with Crippen LogP contribution in [0.15, 0.2) is 29.4 Å². The summed E-state index contributed by atoms with van der Waals surface area (Å²) in [5, 5.41) is 2.83. The molecule has 3 rings (SSSR count). The standard InChI is InChI=1S/C12H13BrN6O/c13-9-3-15-11(16-4-9)6-17-12(20)18-1-2-19-8-14-5-10(19)7-18/h3-5,8H,1-2,6-7H2,(H,17,20). The van der Waals surface area contributed by atoms with Gasteiger partial charge in [-0.1, -0.05) is 0 Å². The van der Waals surface area contributed by atoms with Gasteiger partial charge in [-0.25, -0.2) is 19.7 Å². The molecule has 20 heavy (non-hydrogen) atoms. The molecule has 0 bridgehead atoms. The highest BCUT2D eigenvalue weighted by Gasteiger charge is 2.20. The summed E-state index contributed by atoms with van der Waals surface area (Å²) in [6, 6.07) is -0.107. The molecule has 0 unspecified atom stereocenters. The summed E-state index contributed by atoms with van der Waals surface area (Å²) >= 11 is 3.27. The number of hydrogen-bond donors (Lipinski definition) is 1. The Kier molecular flexibility index (Phi) is 3.64. The largest absolute Gasteiger partial charge is 0.331 e. The van der Waals surface area contributed by atoms with Gasteiger partial charge in [0, 0.05) is 31.7 Å². The van der Waals surface area contributed by atoms with E-state index in [0.717, 1.165) is 16.7 Å². The van der Waals surface area contributed by atoms with Crippen molar-refractivity contribution in [3.8, 4) is 0 Å². The first kappa shape index (κ1) is 13.0. The third-order valence-electron chi connectivity index (χ3n) is 3.12. The highest BCUT2D eigenvalue weighted by atomic mass is 79.9. The Bertz CT molecular complexity index is 611. The minimum atomic E-state index is -0.107. The number of imidazole rings is 1. The zero-order valence-corrected chi connectivity index (χ0v) is 12.2. The third kappa shape index (κ3) is 2.79. The Labute approximate surface area is 124 Å². The first-order chi connectivity index (χ1) is 9.72. The van der Waals surface area contributed by atoms with Crippen LogP contribution in [-0.2, 0) is 19.6 Å². The zero-order chi connectivity index (χ0) is 13.9. The molecule has 0 aromatic carbocycles. The average molecular weight is 337 g/mol. The number of carbonyl (C=O) groups excluding carboxylic acids is 1. The van der Waals surface area contributed by atoms with Gasteiger partial charge in [0.15, 0.2) is 0 Å². The number of aromatic nitrogens is 4. The van der Waals surface area contributed by atoms with Gasteiger partial charge < -0.3 is 14.8 Å². The summed E-state index contributed by atoms with van der Waals surface area (Å²) in [6.45, 7) is 2.35. The van der Waals surface area contributed by atoms with Gasteiger partial charge in [-0.05, 0) is 15.9 Å². The zero-order valence-electron chi connectivity index (χ0n) is 10.7. The van der Waals surface area contributed by atoms with Crippen molar-refractivity contribution in [2.75, 3.05) is 6.54 Å². The fraction of sp³-hybridized carbons (Fsp3) is 0.333. The third-order valence-corrected chi connectivity index (χ3v) is 3.53. The van der Waals surface area contributed by atoms with Crippen molar-refractivity contribution in [3.05, 3.63) is 40.9 Å². The van der Waals surface area contributed by atoms with Crippen LogP contribution in [0.2, 0.25) is 0 Å². The molecule has 0 fully saturated rings. The molecule has 1 aliphatic rings. The van der Waals surface area contributed by atoms with E-state index >= 15 is 0 Å². The second-order valence-electron chi connectivity index (χ2n) is 4.48. The van der Waals surface area contributed by atoms with Crippen molar-refractivity contribution < 1.29 is 4.79 Å². The number of rotatable bonds is 2. The van der Waals surface area contributed by atoms with Crippen molar-refractivity contribution in [3.63, 3.8) is 0 Å². The summed E-state index contributed by atoms with van der Waals surface area (Å²) in [6.07, 6.45) is 6.90. The van der Waals surface area contributed by atoms with Gasteiger partial charge in [0.25, 0.3) is 0 Å². The molecule has 1 N–H and O–H groups in total. The van der Waals surface area contributed by atoms with E-state index in [1.54, 1.807) is 29.8 Å². The molecule has 0 atom stereocenters. The fourth-order valence-corrected chi connectivity index (χ4v) is 2.26. The van der Waals surface area contributed by atoms with E-state index in [9.17, 15) is 4.79 Å². The molecule has 0 saturated carbocycles. The number of carbonyl (C=O) groups is 1. The molecular formula is C12H13BrN6O. The first-order valence-electron chi connectivity index (χ1n) is 6.20. The van der Waals surface area contributed by atoms with Crippen molar-refractivity contribution in [1.82, 2.24) is 29.7 Å². The van der Waals surface area contributed by atoms with Crippen LogP contribution in [0.1, 0.15) is 11.5 Å². The maximum atomic E-state index is 12.1. The lowest BCUT2D eigenvalue weighted by Gasteiger charge is -2.28. The fourth-order valence-electron chi connectivity index (χ4n) is 2.05. The average Bonchev–Trinajstić information content (AvgIpc) is 2.93. The van der Waals surface area contributed by atoms with Crippen LogP contribution < -0.4 is 5.32 Å². The van der Waals surface area contributed by atoms with Crippen molar-refractivity contribution in [2.24, 2.45) is 0 Å². The number of hydrogen-bond acceptors (Lipinski definition) is 4. The molecule has 0 spiro atoms. The molecule has 0 radical (unpaired) electrons. The van der Waals surface area contributed by atoms with Gasteiger partial charge in [-0.15, -0.1) is 0 Å². The normalized spacial score (nSPS) is 13.9. The van der Waals surface area contributed by atoms with Crippen molar-refractivity contribution in [1.29, 1.82) is 0 Å². The van der Waals surface area contributed by atoms with Gasteiger partial charge in [0.2, 0.25) is 0 Å². The molecule has 2 aromatic rings. The minimum absolute atomic E-state index is 0.107. The number of nitrogens with zero attached hydrogens (tertiary/aromatic N) is 5. The second kappa shape index (κ2) is 5.58. The topological polar surface area (TPSA) is 75.9 Å². The number of amides is 2. The molecule has 2 aromatic heterocycles. The Morgan fingerprint density at radius 1 is 1.30 bits per heavy atom. The van der Waals surface area contributed by atoms with Crippen molar-refractivity contribution in [2.45, 2.75) is 19.6 Å². The quantitative estimate of drug-likeness (QED) is 0.892. The maximum Gasteiger partial charge on any atom is 0.318 e.